The maximum atomic E-state index is 6.56. The van der Waals surface area contributed by atoms with Crippen molar-refractivity contribution in [3.05, 3.63) is 271 Å². The molecule has 2 aliphatic carbocycles. The Kier molecular flexibility index (Phi) is 8.35. The van der Waals surface area contributed by atoms with Crippen LogP contribution in [-0.4, -0.2) is 14.5 Å². The Labute approximate surface area is 420 Å². The molecule has 1 spiro atoms. The van der Waals surface area contributed by atoms with Crippen LogP contribution in [0.2, 0.25) is 0 Å². The van der Waals surface area contributed by atoms with E-state index in [0.717, 1.165) is 83.1 Å². The Morgan fingerprint density at radius 2 is 0.849 bits per heavy atom. The lowest BCUT2D eigenvalue weighted by Crippen LogP contribution is -2.26. The molecular weight excluding hydrogens is 887 g/mol. The second-order valence-electron chi connectivity index (χ2n) is 19.5. The standard InChI is InChI=1S/C69H41N3O/c1-3-20-42(21-4-1)44-38-45(43-22-5-2-6-23-43)40-46(39-44)58-41-59(52-31-19-37-62-63(52)54-30-13-18-36-61(54)73-62)71-68(70-58)72-60-35-17-12-29-53(60)65-50-27-8-7-26-49(50)64-51-28-11-16-34-57(51)69(66(64)67(65)72)55-32-14-9-24-47(55)48-25-10-15-33-56(48)69/h1-41H. The van der Waals surface area contributed by atoms with E-state index < -0.39 is 5.41 Å². The van der Waals surface area contributed by atoms with Gasteiger partial charge < -0.3 is 4.42 Å². The third-order valence-corrected chi connectivity index (χ3v) is 15.8. The number of rotatable bonds is 5. The van der Waals surface area contributed by atoms with E-state index in [2.05, 4.69) is 241 Å². The molecule has 338 valence electrons. The first-order valence-corrected chi connectivity index (χ1v) is 25.1. The average molecular weight is 928 g/mol. The van der Waals surface area contributed by atoms with Crippen LogP contribution in [0.5, 0.6) is 0 Å². The highest BCUT2D eigenvalue weighted by Gasteiger charge is 2.53. The van der Waals surface area contributed by atoms with Crippen LogP contribution >= 0.6 is 0 Å². The third kappa shape index (κ3) is 5.55. The zero-order valence-corrected chi connectivity index (χ0v) is 39.4. The van der Waals surface area contributed by atoms with E-state index in [-0.39, 0.29) is 0 Å². The molecule has 3 heterocycles. The number of hydrogen-bond donors (Lipinski definition) is 0. The summed E-state index contributed by atoms with van der Waals surface area (Å²) in [4.78, 5) is 11.7. The molecule has 4 heteroatoms. The van der Waals surface area contributed by atoms with E-state index in [1.54, 1.807) is 0 Å². The third-order valence-electron chi connectivity index (χ3n) is 15.8. The predicted octanol–water partition coefficient (Wildman–Crippen LogP) is 17.6. The molecule has 0 atom stereocenters. The van der Waals surface area contributed by atoms with Crippen LogP contribution in [0.4, 0.5) is 0 Å². The van der Waals surface area contributed by atoms with Crippen LogP contribution in [0.15, 0.2) is 253 Å². The van der Waals surface area contributed by atoms with Crippen LogP contribution in [0.1, 0.15) is 22.3 Å². The lowest BCUT2D eigenvalue weighted by atomic mass is 9.70. The number of aromatic nitrogens is 3. The molecule has 4 nitrogen and oxygen atoms in total. The van der Waals surface area contributed by atoms with Gasteiger partial charge in [0, 0.05) is 38.2 Å². The molecule has 0 bridgehead atoms. The monoisotopic (exact) mass is 927 g/mol. The molecule has 0 saturated carbocycles. The largest absolute Gasteiger partial charge is 0.456 e. The van der Waals surface area contributed by atoms with Gasteiger partial charge in [0.25, 0.3) is 0 Å². The second kappa shape index (κ2) is 15.2. The van der Waals surface area contributed by atoms with Crippen molar-refractivity contribution in [2.45, 2.75) is 5.41 Å². The second-order valence-corrected chi connectivity index (χ2v) is 19.5. The molecule has 0 amide bonds. The maximum absolute atomic E-state index is 6.56. The summed E-state index contributed by atoms with van der Waals surface area (Å²) in [7, 11) is 0. The van der Waals surface area contributed by atoms with Crippen molar-refractivity contribution in [3.63, 3.8) is 0 Å². The molecule has 73 heavy (non-hydrogen) atoms. The highest BCUT2D eigenvalue weighted by Crippen LogP contribution is 2.66. The van der Waals surface area contributed by atoms with Gasteiger partial charge >= 0.3 is 0 Å². The van der Waals surface area contributed by atoms with Crippen molar-refractivity contribution in [2.24, 2.45) is 0 Å². The topological polar surface area (TPSA) is 43.9 Å². The molecule has 0 radical (unpaired) electrons. The van der Waals surface area contributed by atoms with Crippen LogP contribution in [0, 0.1) is 0 Å². The molecule has 0 fully saturated rings. The van der Waals surface area contributed by atoms with E-state index in [9.17, 15) is 0 Å². The number of furan rings is 1. The minimum atomic E-state index is -0.649. The number of benzene rings is 11. The Balaban J connectivity index is 1.09. The fraction of sp³-hybridized carbons (Fsp3) is 0.0145. The predicted molar refractivity (Wildman–Crippen MR) is 299 cm³/mol. The maximum Gasteiger partial charge on any atom is 0.235 e. The van der Waals surface area contributed by atoms with Crippen molar-refractivity contribution in [2.75, 3.05) is 0 Å². The van der Waals surface area contributed by atoms with Crippen molar-refractivity contribution in [1.29, 1.82) is 0 Å². The van der Waals surface area contributed by atoms with Crippen LogP contribution in [0.25, 0.3) is 127 Å². The van der Waals surface area contributed by atoms with E-state index in [1.165, 1.54) is 60.7 Å². The Morgan fingerprint density at radius 1 is 0.342 bits per heavy atom. The smallest absolute Gasteiger partial charge is 0.235 e. The zero-order chi connectivity index (χ0) is 47.8. The normalized spacial score (nSPS) is 13.0. The Morgan fingerprint density at radius 3 is 1.55 bits per heavy atom. The summed E-state index contributed by atoms with van der Waals surface area (Å²) in [5.41, 5.74) is 21.4. The number of nitrogens with zero attached hydrogens (tertiary/aromatic N) is 3. The van der Waals surface area contributed by atoms with E-state index in [4.69, 9.17) is 14.4 Å². The van der Waals surface area contributed by atoms with Gasteiger partial charge in [-0.25, -0.2) is 9.97 Å². The van der Waals surface area contributed by atoms with Gasteiger partial charge in [-0.05, 0) is 114 Å². The Hall–Kier alpha value is -9.64. The minimum absolute atomic E-state index is 0.595. The van der Waals surface area contributed by atoms with Gasteiger partial charge in [-0.3, -0.25) is 4.57 Å². The lowest BCUT2D eigenvalue weighted by Gasteiger charge is -2.31. The molecule has 14 aromatic rings. The molecule has 11 aromatic carbocycles. The molecule has 16 rings (SSSR count). The van der Waals surface area contributed by atoms with Gasteiger partial charge in [0.1, 0.15) is 11.2 Å². The molecule has 0 N–H and O–H groups in total. The zero-order valence-electron chi connectivity index (χ0n) is 39.4. The van der Waals surface area contributed by atoms with Crippen LogP contribution < -0.4 is 0 Å². The fourth-order valence-corrected chi connectivity index (χ4v) is 12.9. The van der Waals surface area contributed by atoms with Crippen molar-refractivity contribution < 1.29 is 4.42 Å². The fourth-order valence-electron chi connectivity index (χ4n) is 12.9. The first-order valence-electron chi connectivity index (χ1n) is 25.1. The van der Waals surface area contributed by atoms with Crippen molar-refractivity contribution in [3.8, 4) is 73.0 Å². The number of hydrogen-bond acceptors (Lipinski definition) is 3. The van der Waals surface area contributed by atoms with Gasteiger partial charge in [0.05, 0.1) is 27.8 Å². The molecule has 0 unspecified atom stereocenters. The summed E-state index contributed by atoms with van der Waals surface area (Å²) in [5, 5.41) is 6.85. The van der Waals surface area contributed by atoms with E-state index in [1.807, 2.05) is 12.1 Å². The SMILES string of the molecule is c1ccc(-c2cc(-c3ccccc3)cc(-c3cc(-c4cccc5oc6ccccc6c45)nc(-n4c5ccccc5c5c6ccccc6c6c(c54)C4(c5ccccc5-c5ccccc54)c4ccccc4-6)n3)c2)cc1. The van der Waals surface area contributed by atoms with E-state index >= 15 is 0 Å². The summed E-state index contributed by atoms with van der Waals surface area (Å²) in [5.74, 6) is 0.595. The summed E-state index contributed by atoms with van der Waals surface area (Å²) in [6.45, 7) is 0. The first kappa shape index (κ1) is 40.1. The van der Waals surface area contributed by atoms with Gasteiger partial charge in [0.2, 0.25) is 5.95 Å². The lowest BCUT2D eigenvalue weighted by molar-refractivity contribution is 0.669. The minimum Gasteiger partial charge on any atom is -0.456 e. The molecular formula is C69H41N3O. The van der Waals surface area contributed by atoms with Crippen LogP contribution in [-0.2, 0) is 5.41 Å². The van der Waals surface area contributed by atoms with Crippen molar-refractivity contribution in [1.82, 2.24) is 14.5 Å². The summed E-state index contributed by atoms with van der Waals surface area (Å²) in [6, 6.07) is 90.2. The van der Waals surface area contributed by atoms with Crippen LogP contribution in [0.3, 0.4) is 0 Å². The first-order chi connectivity index (χ1) is 36.2. The highest BCUT2D eigenvalue weighted by molar-refractivity contribution is 6.28. The molecule has 0 saturated heterocycles. The summed E-state index contributed by atoms with van der Waals surface area (Å²) in [6.07, 6.45) is 0. The average Bonchev–Trinajstić information content (AvgIpc) is 4.32. The van der Waals surface area contributed by atoms with Crippen molar-refractivity contribution >= 4 is 54.5 Å². The highest BCUT2D eigenvalue weighted by atomic mass is 16.3. The molecule has 2 aliphatic rings. The Bertz CT molecular complexity index is 4520. The quantitative estimate of drug-likeness (QED) is 0.173. The van der Waals surface area contributed by atoms with Gasteiger partial charge in [-0.1, -0.05) is 206 Å². The van der Waals surface area contributed by atoms with Gasteiger partial charge in [-0.2, -0.15) is 0 Å². The number of para-hydroxylation sites is 2. The molecule has 3 aromatic heterocycles. The van der Waals surface area contributed by atoms with Gasteiger partial charge in [0.15, 0.2) is 0 Å². The summed E-state index contributed by atoms with van der Waals surface area (Å²) >= 11 is 0. The number of fused-ring (bicyclic) bond motifs is 20. The van der Waals surface area contributed by atoms with Gasteiger partial charge in [-0.15, -0.1) is 0 Å². The van der Waals surface area contributed by atoms with E-state index in [0.29, 0.717) is 5.95 Å². The molecule has 0 aliphatic heterocycles. The summed E-state index contributed by atoms with van der Waals surface area (Å²) < 4.78 is 8.97.